The van der Waals surface area contributed by atoms with Gasteiger partial charge in [0.2, 0.25) is 0 Å². The molecule has 0 N–H and O–H groups in total. The molecule has 0 amide bonds. The number of hydrogen-bond acceptors (Lipinski definition) is 3. The molecule has 1 aromatic heterocycles. The van der Waals surface area contributed by atoms with E-state index in [2.05, 4.69) is 26.0 Å². The summed E-state index contributed by atoms with van der Waals surface area (Å²) in [6.45, 7) is 0. The van der Waals surface area contributed by atoms with E-state index in [-0.39, 0.29) is 5.28 Å². The molecule has 0 saturated heterocycles. The largest absolute Gasteiger partial charge is 0.594 e. The van der Waals surface area contributed by atoms with E-state index in [4.69, 9.17) is 11.6 Å². The molecule has 0 fully saturated rings. The van der Waals surface area contributed by atoms with Gasteiger partial charge in [0.15, 0.2) is 0 Å². The highest BCUT2D eigenvalue weighted by Gasteiger charge is 2.12. The smallest absolute Gasteiger partial charge is 0.290 e. The van der Waals surface area contributed by atoms with Gasteiger partial charge in [-0.25, -0.2) is 4.98 Å². The van der Waals surface area contributed by atoms with E-state index in [1.807, 2.05) is 0 Å². The zero-order valence-electron chi connectivity index (χ0n) is 6.24. The fourth-order valence-corrected chi connectivity index (χ4v) is 1.70. The second-order valence-corrected chi connectivity index (χ2v) is 3.55. The second kappa shape index (κ2) is 3.08. The maximum Gasteiger partial charge on any atom is 0.290 e. The number of halogens is 2. The first-order chi connectivity index (χ1) is 6.18. The van der Waals surface area contributed by atoms with Crippen LogP contribution in [0.25, 0.3) is 11.0 Å². The molecular weight excluding hydrogens is 257 g/mol. The van der Waals surface area contributed by atoms with Crippen molar-refractivity contribution in [2.75, 3.05) is 0 Å². The number of benzene rings is 1. The summed E-state index contributed by atoms with van der Waals surface area (Å²) in [5.74, 6) is 0. The Labute approximate surface area is 86.9 Å². The molecule has 0 aliphatic rings. The van der Waals surface area contributed by atoms with Gasteiger partial charge in [0.05, 0.1) is 4.47 Å². The molecule has 2 rings (SSSR count). The molecule has 4 nitrogen and oxygen atoms in total. The van der Waals surface area contributed by atoms with E-state index in [0.717, 1.165) is 0 Å². The highest BCUT2D eigenvalue weighted by atomic mass is 79.9. The molecular formula is C7H3BrClN3O. The monoisotopic (exact) mass is 259 g/mol. The third-order valence-electron chi connectivity index (χ3n) is 1.54. The van der Waals surface area contributed by atoms with E-state index in [0.29, 0.717) is 20.4 Å². The standard InChI is InChI=1S/C7H3BrClN3O/c8-4-2-1-3-5-6(4)12(13)11-7(9)10-5/h1-3H. The highest BCUT2D eigenvalue weighted by molar-refractivity contribution is 9.10. The van der Waals surface area contributed by atoms with Gasteiger partial charge in [0.1, 0.15) is 5.52 Å². The van der Waals surface area contributed by atoms with Crippen molar-refractivity contribution in [1.82, 2.24) is 10.1 Å². The predicted octanol–water partition coefficient (Wildman–Crippen LogP) is 1.68. The van der Waals surface area contributed by atoms with E-state index in [1.165, 1.54) is 0 Å². The lowest BCUT2D eigenvalue weighted by atomic mass is 10.3. The molecule has 1 aromatic carbocycles. The van der Waals surface area contributed by atoms with Gasteiger partial charge in [-0.2, -0.15) is 0 Å². The van der Waals surface area contributed by atoms with Gasteiger partial charge in [0.25, 0.3) is 10.8 Å². The molecule has 0 saturated carbocycles. The maximum atomic E-state index is 11.3. The van der Waals surface area contributed by atoms with Gasteiger partial charge < -0.3 is 5.21 Å². The summed E-state index contributed by atoms with van der Waals surface area (Å²) < 4.78 is 0.650. The van der Waals surface area contributed by atoms with Crippen LogP contribution >= 0.6 is 27.5 Å². The van der Waals surface area contributed by atoms with Gasteiger partial charge >= 0.3 is 0 Å². The van der Waals surface area contributed by atoms with Crippen LogP contribution in [0.5, 0.6) is 0 Å². The number of rotatable bonds is 0. The van der Waals surface area contributed by atoms with Crippen LogP contribution in [-0.4, -0.2) is 10.1 Å². The van der Waals surface area contributed by atoms with E-state index in [1.54, 1.807) is 18.2 Å². The molecule has 0 bridgehead atoms. The van der Waals surface area contributed by atoms with E-state index >= 15 is 0 Å². The maximum absolute atomic E-state index is 11.3. The van der Waals surface area contributed by atoms with Crippen molar-refractivity contribution in [3.05, 3.63) is 33.2 Å². The molecule has 66 valence electrons. The lowest BCUT2D eigenvalue weighted by molar-refractivity contribution is -0.643. The van der Waals surface area contributed by atoms with Gasteiger partial charge in [-0.3, -0.25) is 0 Å². The average molecular weight is 260 g/mol. The van der Waals surface area contributed by atoms with Gasteiger partial charge in [-0.15, -0.1) is 0 Å². The molecule has 6 heteroatoms. The molecule has 1 heterocycles. The fraction of sp³-hybridized carbons (Fsp3) is 0. The molecule has 0 radical (unpaired) electrons. The normalized spacial score (nSPS) is 10.6. The number of para-hydroxylation sites is 1. The summed E-state index contributed by atoms with van der Waals surface area (Å²) in [7, 11) is 0. The number of hydrogen-bond donors (Lipinski definition) is 0. The Morgan fingerprint density at radius 2 is 2.23 bits per heavy atom. The Balaban J connectivity index is 2.94. The Morgan fingerprint density at radius 3 is 3.00 bits per heavy atom. The Hall–Kier alpha value is -0.940. The summed E-state index contributed by atoms with van der Waals surface area (Å²) in [6, 6.07) is 5.21. The van der Waals surface area contributed by atoms with Crippen LogP contribution in [0.15, 0.2) is 22.7 Å². The fourth-order valence-electron chi connectivity index (χ4n) is 1.03. The van der Waals surface area contributed by atoms with Crippen LogP contribution in [0, 0.1) is 5.21 Å². The van der Waals surface area contributed by atoms with Crippen molar-refractivity contribution in [3.63, 3.8) is 0 Å². The van der Waals surface area contributed by atoms with Crippen LogP contribution in [0.1, 0.15) is 0 Å². The molecule has 0 spiro atoms. The lowest BCUT2D eigenvalue weighted by Crippen LogP contribution is -2.32. The minimum Gasteiger partial charge on any atom is -0.594 e. The van der Waals surface area contributed by atoms with E-state index in [9.17, 15) is 5.21 Å². The van der Waals surface area contributed by atoms with Crippen molar-refractivity contribution in [2.24, 2.45) is 0 Å². The molecule has 0 atom stereocenters. The van der Waals surface area contributed by atoms with Crippen LogP contribution in [0.4, 0.5) is 0 Å². The van der Waals surface area contributed by atoms with Gasteiger partial charge in [0, 0.05) is 5.10 Å². The van der Waals surface area contributed by atoms with Crippen molar-refractivity contribution in [3.8, 4) is 0 Å². The summed E-state index contributed by atoms with van der Waals surface area (Å²) in [5.41, 5.74) is 0.899. The first-order valence-electron chi connectivity index (χ1n) is 3.40. The third-order valence-corrected chi connectivity index (χ3v) is 2.34. The number of fused-ring (bicyclic) bond motifs is 1. The number of aromatic nitrogens is 3. The third kappa shape index (κ3) is 1.45. The van der Waals surface area contributed by atoms with Crippen molar-refractivity contribution < 1.29 is 4.85 Å². The lowest BCUT2D eigenvalue weighted by Gasteiger charge is -1.99. The zero-order valence-corrected chi connectivity index (χ0v) is 8.58. The Kier molecular flexibility index (Phi) is 2.05. The summed E-state index contributed by atoms with van der Waals surface area (Å²) in [5, 5.41) is 14.7. The molecule has 13 heavy (non-hydrogen) atoms. The van der Waals surface area contributed by atoms with Gasteiger partial charge in [-0.1, -0.05) is 6.07 Å². The molecule has 0 aliphatic carbocycles. The van der Waals surface area contributed by atoms with Gasteiger partial charge in [-0.05, 0) is 44.5 Å². The molecule has 2 aromatic rings. The number of nitrogens with zero attached hydrogens (tertiary/aromatic N) is 3. The molecule has 0 aliphatic heterocycles. The minimum atomic E-state index is -0.0550. The van der Waals surface area contributed by atoms with Crippen LogP contribution in [0.3, 0.4) is 0 Å². The SMILES string of the molecule is [O-][n+]1nc(Cl)nc2cccc(Br)c21. The predicted molar refractivity (Wildman–Crippen MR) is 51.2 cm³/mol. The highest BCUT2D eigenvalue weighted by Crippen LogP contribution is 2.18. The van der Waals surface area contributed by atoms with Crippen LogP contribution in [0.2, 0.25) is 5.28 Å². The van der Waals surface area contributed by atoms with E-state index < -0.39 is 0 Å². The quantitative estimate of drug-likeness (QED) is 0.535. The summed E-state index contributed by atoms with van der Waals surface area (Å²) in [4.78, 5) is 4.35. The summed E-state index contributed by atoms with van der Waals surface area (Å²) >= 11 is 8.75. The minimum absolute atomic E-state index is 0.0550. The zero-order chi connectivity index (χ0) is 9.42. The molecule has 0 unspecified atom stereocenters. The Morgan fingerprint density at radius 1 is 1.46 bits per heavy atom. The second-order valence-electron chi connectivity index (χ2n) is 2.36. The average Bonchev–Trinajstić information content (AvgIpc) is 2.02. The van der Waals surface area contributed by atoms with Crippen molar-refractivity contribution in [2.45, 2.75) is 0 Å². The van der Waals surface area contributed by atoms with Crippen molar-refractivity contribution in [1.29, 1.82) is 0 Å². The first-order valence-corrected chi connectivity index (χ1v) is 4.57. The Bertz CT molecular complexity index is 476. The van der Waals surface area contributed by atoms with Crippen LogP contribution < -0.4 is 4.85 Å². The topological polar surface area (TPSA) is 52.7 Å². The van der Waals surface area contributed by atoms with Crippen LogP contribution in [-0.2, 0) is 0 Å². The van der Waals surface area contributed by atoms with Crippen molar-refractivity contribution >= 4 is 38.6 Å². The summed E-state index contributed by atoms with van der Waals surface area (Å²) in [6.07, 6.45) is 0. The first kappa shape index (κ1) is 8.65.